The zero-order chi connectivity index (χ0) is 25.1. The number of nitrogens with zero attached hydrogens (tertiary/aromatic N) is 3. The van der Waals surface area contributed by atoms with E-state index in [1.165, 1.54) is 11.3 Å². The summed E-state index contributed by atoms with van der Waals surface area (Å²) in [5, 5.41) is 15.3. The molecule has 2 heterocycles. The molecule has 0 unspecified atom stereocenters. The van der Waals surface area contributed by atoms with Gasteiger partial charge in [-0.1, -0.05) is 12.1 Å². The molecule has 0 spiro atoms. The van der Waals surface area contributed by atoms with E-state index < -0.39 is 0 Å². The molecule has 0 bridgehead atoms. The Bertz CT molecular complexity index is 1430. The Morgan fingerprint density at radius 2 is 1.89 bits per heavy atom. The topological polar surface area (TPSA) is 125 Å². The normalized spacial score (nSPS) is 16.9. The SMILES string of the molecule is Cl.N#CC1CCC(C(=O)N(CC(=O)Nc2ccc(-c3csc(N)n3)cc2)c2ccc3occc3c2)CC1. The van der Waals surface area contributed by atoms with Gasteiger partial charge < -0.3 is 20.4 Å². The molecule has 2 amide bonds. The fraction of sp³-hybridized carbons (Fsp3) is 0.259. The molecule has 8 nitrogen and oxygen atoms in total. The first kappa shape index (κ1) is 26.2. The second-order valence-electron chi connectivity index (χ2n) is 8.94. The maximum absolute atomic E-state index is 13.6. The fourth-order valence-corrected chi connectivity index (χ4v) is 5.17. The molecule has 0 radical (unpaired) electrons. The molecule has 3 N–H and O–H groups in total. The smallest absolute Gasteiger partial charge is 0.244 e. The number of nitrogens with one attached hydrogen (secondary N) is 1. The highest BCUT2D eigenvalue weighted by Crippen LogP contribution is 2.32. The van der Waals surface area contributed by atoms with E-state index in [0.29, 0.717) is 47.8 Å². The molecule has 4 aromatic rings. The largest absolute Gasteiger partial charge is 0.464 e. The average molecular weight is 536 g/mol. The van der Waals surface area contributed by atoms with Crippen LogP contribution in [-0.2, 0) is 9.59 Å². The summed E-state index contributed by atoms with van der Waals surface area (Å²) < 4.78 is 5.43. The van der Waals surface area contributed by atoms with Gasteiger partial charge in [-0.25, -0.2) is 4.98 Å². The zero-order valence-electron chi connectivity index (χ0n) is 19.9. The molecular weight excluding hydrogens is 510 g/mol. The van der Waals surface area contributed by atoms with Crippen LogP contribution >= 0.6 is 23.7 Å². The molecule has 0 aliphatic heterocycles. The van der Waals surface area contributed by atoms with E-state index in [0.717, 1.165) is 16.6 Å². The zero-order valence-corrected chi connectivity index (χ0v) is 21.6. The molecule has 1 fully saturated rings. The van der Waals surface area contributed by atoms with Gasteiger partial charge in [0.2, 0.25) is 11.8 Å². The van der Waals surface area contributed by atoms with E-state index in [9.17, 15) is 14.9 Å². The Balaban J connectivity index is 0.00000320. The minimum absolute atomic E-state index is 0. The van der Waals surface area contributed by atoms with Crippen LogP contribution in [0.4, 0.5) is 16.5 Å². The lowest BCUT2D eigenvalue weighted by Crippen LogP contribution is -2.42. The molecule has 2 aromatic heterocycles. The predicted molar refractivity (Wildman–Crippen MR) is 147 cm³/mol. The van der Waals surface area contributed by atoms with Gasteiger partial charge in [-0.05, 0) is 62.1 Å². The first-order valence-electron chi connectivity index (χ1n) is 11.8. The summed E-state index contributed by atoms with van der Waals surface area (Å²) in [6.45, 7) is -0.120. The number of amides is 2. The number of anilines is 3. The summed E-state index contributed by atoms with van der Waals surface area (Å²) in [6.07, 6.45) is 4.28. The van der Waals surface area contributed by atoms with Crippen molar-refractivity contribution in [2.24, 2.45) is 11.8 Å². The number of carbonyl (C=O) groups is 2. The molecule has 190 valence electrons. The number of nitriles is 1. The molecule has 1 aliphatic rings. The van der Waals surface area contributed by atoms with Crippen LogP contribution in [0, 0.1) is 23.2 Å². The van der Waals surface area contributed by atoms with Gasteiger partial charge in [-0.15, -0.1) is 23.7 Å². The van der Waals surface area contributed by atoms with Gasteiger partial charge in [0.1, 0.15) is 12.1 Å². The Labute approximate surface area is 224 Å². The molecule has 37 heavy (non-hydrogen) atoms. The van der Waals surface area contributed by atoms with E-state index in [1.807, 2.05) is 29.6 Å². The van der Waals surface area contributed by atoms with Crippen LogP contribution in [0.15, 0.2) is 64.6 Å². The Hall–Kier alpha value is -3.87. The third kappa shape index (κ3) is 5.93. The van der Waals surface area contributed by atoms with Crippen LogP contribution < -0.4 is 16.0 Å². The highest BCUT2D eigenvalue weighted by atomic mass is 35.5. The standard InChI is InChI=1S/C27H25N5O3S.ClH/c28-14-17-1-3-19(4-2-17)26(34)32(22-9-10-24-20(13-22)11-12-35-24)15-25(33)30-21-7-5-18(6-8-21)23-16-36-27(29)31-23;/h5-13,16-17,19H,1-4,15H2,(H2,29,31)(H,30,33);1H. The number of halogens is 1. The van der Waals surface area contributed by atoms with Crippen molar-refractivity contribution >= 4 is 63.0 Å². The number of benzene rings is 2. The van der Waals surface area contributed by atoms with Crippen LogP contribution in [0.5, 0.6) is 0 Å². The number of nitrogens with two attached hydrogens (primary N) is 1. The maximum Gasteiger partial charge on any atom is 0.244 e. The average Bonchev–Trinajstić information content (AvgIpc) is 3.56. The Morgan fingerprint density at radius 1 is 1.14 bits per heavy atom. The van der Waals surface area contributed by atoms with E-state index in [4.69, 9.17) is 10.2 Å². The van der Waals surface area contributed by atoms with Crippen molar-refractivity contribution in [3.05, 3.63) is 60.2 Å². The fourth-order valence-electron chi connectivity index (χ4n) is 4.60. The summed E-state index contributed by atoms with van der Waals surface area (Å²) in [5.41, 5.74) is 9.39. The molecule has 1 aliphatic carbocycles. The molecule has 0 saturated heterocycles. The molecule has 1 saturated carbocycles. The first-order chi connectivity index (χ1) is 17.5. The summed E-state index contributed by atoms with van der Waals surface area (Å²) in [4.78, 5) is 32.5. The summed E-state index contributed by atoms with van der Waals surface area (Å²) in [5.74, 6) is -0.614. The van der Waals surface area contributed by atoms with Crippen molar-refractivity contribution in [2.75, 3.05) is 22.5 Å². The molecule has 2 aromatic carbocycles. The van der Waals surface area contributed by atoms with Crippen LogP contribution in [0.2, 0.25) is 0 Å². The summed E-state index contributed by atoms with van der Waals surface area (Å²) >= 11 is 1.37. The summed E-state index contributed by atoms with van der Waals surface area (Å²) in [7, 11) is 0. The van der Waals surface area contributed by atoms with Crippen molar-refractivity contribution in [2.45, 2.75) is 25.7 Å². The number of rotatable bonds is 6. The van der Waals surface area contributed by atoms with Gasteiger partial charge in [0.05, 0.1) is 18.0 Å². The van der Waals surface area contributed by atoms with Crippen molar-refractivity contribution in [1.29, 1.82) is 5.26 Å². The lowest BCUT2D eigenvalue weighted by Gasteiger charge is -2.30. The predicted octanol–water partition coefficient (Wildman–Crippen LogP) is 5.86. The van der Waals surface area contributed by atoms with Crippen molar-refractivity contribution < 1.29 is 14.0 Å². The van der Waals surface area contributed by atoms with E-state index in [1.54, 1.807) is 35.4 Å². The van der Waals surface area contributed by atoms with Gasteiger partial charge in [-0.3, -0.25) is 9.59 Å². The summed E-state index contributed by atoms with van der Waals surface area (Å²) in [6, 6.07) is 16.9. The second kappa shape index (κ2) is 11.5. The van der Waals surface area contributed by atoms with Crippen LogP contribution in [0.3, 0.4) is 0 Å². The first-order valence-corrected chi connectivity index (χ1v) is 12.7. The van der Waals surface area contributed by atoms with Gasteiger partial charge >= 0.3 is 0 Å². The monoisotopic (exact) mass is 535 g/mol. The number of nitrogen functional groups attached to an aromatic ring is 1. The number of aromatic nitrogens is 1. The number of hydrogen-bond acceptors (Lipinski definition) is 7. The van der Waals surface area contributed by atoms with E-state index >= 15 is 0 Å². The van der Waals surface area contributed by atoms with Crippen molar-refractivity contribution in [3.63, 3.8) is 0 Å². The number of furan rings is 1. The van der Waals surface area contributed by atoms with Crippen LogP contribution in [-0.4, -0.2) is 23.3 Å². The third-order valence-corrected chi connectivity index (χ3v) is 7.23. The molecular formula is C27H26ClN5O3S. The molecule has 10 heteroatoms. The van der Waals surface area contributed by atoms with Gasteiger partial charge in [0.15, 0.2) is 5.13 Å². The number of hydrogen-bond donors (Lipinski definition) is 2. The van der Waals surface area contributed by atoms with Gasteiger partial charge in [-0.2, -0.15) is 5.26 Å². The highest BCUT2D eigenvalue weighted by Gasteiger charge is 2.31. The van der Waals surface area contributed by atoms with Crippen LogP contribution in [0.25, 0.3) is 22.2 Å². The minimum atomic E-state index is -0.299. The second-order valence-corrected chi connectivity index (χ2v) is 9.83. The number of thiazole rings is 1. The molecule has 5 rings (SSSR count). The van der Waals surface area contributed by atoms with Crippen LogP contribution in [0.1, 0.15) is 25.7 Å². The minimum Gasteiger partial charge on any atom is -0.464 e. The Kier molecular flexibility index (Phi) is 8.11. The van der Waals surface area contributed by atoms with Gasteiger partial charge in [0, 0.05) is 39.5 Å². The quantitative estimate of drug-likeness (QED) is 0.318. The maximum atomic E-state index is 13.6. The van der Waals surface area contributed by atoms with Crippen molar-refractivity contribution in [3.8, 4) is 17.3 Å². The third-order valence-electron chi connectivity index (χ3n) is 6.56. The van der Waals surface area contributed by atoms with Gasteiger partial charge in [0.25, 0.3) is 0 Å². The lowest BCUT2D eigenvalue weighted by atomic mass is 9.82. The number of carbonyl (C=O) groups excluding carboxylic acids is 2. The van der Waals surface area contributed by atoms with E-state index in [-0.39, 0.29) is 42.6 Å². The Morgan fingerprint density at radius 3 is 2.57 bits per heavy atom. The molecule has 0 atom stereocenters. The highest BCUT2D eigenvalue weighted by molar-refractivity contribution is 7.13. The van der Waals surface area contributed by atoms with Crippen molar-refractivity contribution in [1.82, 2.24) is 4.98 Å². The lowest BCUT2D eigenvalue weighted by molar-refractivity contribution is -0.125. The number of fused-ring (bicyclic) bond motifs is 1. The van der Waals surface area contributed by atoms with E-state index in [2.05, 4.69) is 16.4 Å².